The summed E-state index contributed by atoms with van der Waals surface area (Å²) < 4.78 is 44.7. The summed E-state index contributed by atoms with van der Waals surface area (Å²) >= 11 is 0. The lowest BCUT2D eigenvalue weighted by molar-refractivity contribution is 0.0735. The second-order valence-corrected chi connectivity index (χ2v) is 10.3. The molecule has 2 aliphatic rings. The number of ether oxygens (including phenoxy) is 3. The van der Waals surface area contributed by atoms with Gasteiger partial charge in [0.25, 0.3) is 5.91 Å². The molecule has 8 nitrogen and oxygen atoms in total. The molecule has 2 aliphatic heterocycles. The molecule has 0 aliphatic carbocycles. The maximum atomic E-state index is 13.6. The van der Waals surface area contributed by atoms with Gasteiger partial charge in [-0.2, -0.15) is 4.31 Å². The van der Waals surface area contributed by atoms with Crippen molar-refractivity contribution >= 4 is 15.9 Å². The Hall–Kier alpha value is -2.78. The zero-order valence-corrected chi connectivity index (χ0v) is 20.8. The largest absolute Gasteiger partial charge is 0.495 e. The number of likely N-dealkylation sites (tertiary alicyclic amines) is 1. The molecule has 0 radical (unpaired) electrons. The van der Waals surface area contributed by atoms with E-state index in [1.807, 2.05) is 23.1 Å². The lowest BCUT2D eigenvalue weighted by atomic mass is 10.0. The van der Waals surface area contributed by atoms with E-state index in [2.05, 4.69) is 0 Å². The normalized spacial score (nSPS) is 18.1. The lowest BCUT2D eigenvalue weighted by Gasteiger charge is -2.26. The number of nitrogens with zero attached hydrogens (tertiary/aromatic N) is 2. The molecular formula is C25H32N2O6S. The summed E-state index contributed by atoms with van der Waals surface area (Å²) in [6, 6.07) is 10.4. The SMILES string of the molecule is CCN(CC)S(=O)(=O)c1cc(C(=O)N2CCCC2c2ccc3c(c2)OCCCO3)ccc1OC. The van der Waals surface area contributed by atoms with Crippen LogP contribution in [0.3, 0.4) is 0 Å². The van der Waals surface area contributed by atoms with E-state index in [1.165, 1.54) is 17.5 Å². The highest BCUT2D eigenvalue weighted by Crippen LogP contribution is 2.39. The van der Waals surface area contributed by atoms with Crippen LogP contribution in [0.5, 0.6) is 17.2 Å². The van der Waals surface area contributed by atoms with Crippen LogP contribution in [0.1, 0.15) is 55.1 Å². The Morgan fingerprint density at radius 1 is 1.06 bits per heavy atom. The second-order valence-electron chi connectivity index (χ2n) is 8.37. The number of benzene rings is 2. The van der Waals surface area contributed by atoms with Crippen molar-refractivity contribution in [2.45, 2.75) is 44.0 Å². The van der Waals surface area contributed by atoms with E-state index in [-0.39, 0.29) is 22.6 Å². The summed E-state index contributed by atoms with van der Waals surface area (Å²) in [6.45, 7) is 6.05. The number of carbonyl (C=O) groups is 1. The van der Waals surface area contributed by atoms with Gasteiger partial charge < -0.3 is 19.1 Å². The Morgan fingerprint density at radius 3 is 2.50 bits per heavy atom. The Labute approximate surface area is 201 Å². The maximum Gasteiger partial charge on any atom is 0.254 e. The van der Waals surface area contributed by atoms with Gasteiger partial charge in [0.15, 0.2) is 11.5 Å². The van der Waals surface area contributed by atoms with Crippen molar-refractivity contribution in [2.24, 2.45) is 0 Å². The third-order valence-corrected chi connectivity index (χ3v) is 8.47. The van der Waals surface area contributed by atoms with Gasteiger partial charge in [-0.25, -0.2) is 8.42 Å². The van der Waals surface area contributed by atoms with Crippen LogP contribution in [-0.2, 0) is 10.0 Å². The molecule has 184 valence electrons. The van der Waals surface area contributed by atoms with Gasteiger partial charge in [0.1, 0.15) is 10.6 Å². The van der Waals surface area contributed by atoms with Gasteiger partial charge >= 0.3 is 0 Å². The van der Waals surface area contributed by atoms with E-state index in [4.69, 9.17) is 14.2 Å². The first-order valence-electron chi connectivity index (χ1n) is 11.8. The van der Waals surface area contributed by atoms with E-state index in [1.54, 1.807) is 26.0 Å². The molecule has 1 atom stereocenters. The summed E-state index contributed by atoms with van der Waals surface area (Å²) in [5, 5.41) is 0. The van der Waals surface area contributed by atoms with Crippen molar-refractivity contribution < 1.29 is 27.4 Å². The molecule has 1 fully saturated rings. The molecule has 34 heavy (non-hydrogen) atoms. The molecule has 1 amide bonds. The molecule has 0 aromatic heterocycles. The van der Waals surface area contributed by atoms with Crippen LogP contribution in [0.4, 0.5) is 0 Å². The highest BCUT2D eigenvalue weighted by Gasteiger charge is 2.33. The molecule has 2 aromatic carbocycles. The van der Waals surface area contributed by atoms with Crippen LogP contribution in [-0.4, -0.2) is 63.5 Å². The molecule has 9 heteroatoms. The van der Waals surface area contributed by atoms with E-state index in [9.17, 15) is 13.2 Å². The van der Waals surface area contributed by atoms with Crippen LogP contribution in [0, 0.1) is 0 Å². The number of amides is 1. The molecule has 4 rings (SSSR count). The van der Waals surface area contributed by atoms with Gasteiger partial charge in [0, 0.05) is 31.6 Å². The van der Waals surface area contributed by atoms with Crippen molar-refractivity contribution in [2.75, 3.05) is 40.0 Å². The number of fused-ring (bicyclic) bond motifs is 1. The Kier molecular flexibility index (Phi) is 7.33. The third kappa shape index (κ3) is 4.59. The molecular weight excluding hydrogens is 456 g/mol. The van der Waals surface area contributed by atoms with E-state index in [0.29, 0.717) is 44.2 Å². The number of sulfonamides is 1. The zero-order valence-electron chi connectivity index (χ0n) is 20.0. The summed E-state index contributed by atoms with van der Waals surface area (Å²) in [7, 11) is -2.37. The molecule has 2 heterocycles. The van der Waals surface area contributed by atoms with Crippen LogP contribution in [0.25, 0.3) is 0 Å². The molecule has 0 bridgehead atoms. The lowest BCUT2D eigenvalue weighted by Crippen LogP contribution is -2.32. The monoisotopic (exact) mass is 488 g/mol. The van der Waals surface area contributed by atoms with Gasteiger partial charge in [0.2, 0.25) is 10.0 Å². The number of rotatable bonds is 7. The van der Waals surface area contributed by atoms with Crippen LogP contribution in [0.2, 0.25) is 0 Å². The minimum atomic E-state index is -3.80. The highest BCUT2D eigenvalue weighted by molar-refractivity contribution is 7.89. The van der Waals surface area contributed by atoms with E-state index in [0.717, 1.165) is 30.6 Å². The zero-order chi connectivity index (χ0) is 24.3. The summed E-state index contributed by atoms with van der Waals surface area (Å²) in [4.78, 5) is 15.4. The van der Waals surface area contributed by atoms with Crippen molar-refractivity contribution in [3.05, 3.63) is 47.5 Å². The van der Waals surface area contributed by atoms with Gasteiger partial charge in [0.05, 0.1) is 26.4 Å². The average Bonchev–Trinajstić information content (AvgIpc) is 3.22. The van der Waals surface area contributed by atoms with Crippen LogP contribution < -0.4 is 14.2 Å². The van der Waals surface area contributed by atoms with Gasteiger partial charge in [-0.3, -0.25) is 4.79 Å². The van der Waals surface area contributed by atoms with Crippen molar-refractivity contribution in [1.29, 1.82) is 0 Å². The van der Waals surface area contributed by atoms with Gasteiger partial charge in [-0.1, -0.05) is 19.9 Å². The molecule has 0 saturated carbocycles. The summed E-state index contributed by atoms with van der Waals surface area (Å²) in [5.41, 5.74) is 1.31. The van der Waals surface area contributed by atoms with Crippen LogP contribution in [0.15, 0.2) is 41.3 Å². The first-order valence-corrected chi connectivity index (χ1v) is 13.2. The van der Waals surface area contributed by atoms with Gasteiger partial charge in [-0.15, -0.1) is 0 Å². The molecule has 2 aromatic rings. The van der Waals surface area contributed by atoms with E-state index >= 15 is 0 Å². The van der Waals surface area contributed by atoms with Crippen molar-refractivity contribution in [1.82, 2.24) is 9.21 Å². The predicted molar refractivity (Wildman–Crippen MR) is 128 cm³/mol. The number of hydrogen-bond acceptors (Lipinski definition) is 6. The molecule has 0 N–H and O–H groups in total. The van der Waals surface area contributed by atoms with Crippen molar-refractivity contribution in [3.8, 4) is 17.2 Å². The fourth-order valence-corrected chi connectivity index (χ4v) is 6.26. The first kappa shape index (κ1) is 24.3. The Morgan fingerprint density at radius 2 is 1.79 bits per heavy atom. The average molecular weight is 489 g/mol. The standard InChI is InChI=1S/C25H32N2O6S/c1-4-26(5-2)34(29,30)24-17-19(10-12-22(24)31-3)25(28)27-13-6-8-20(27)18-9-11-21-23(16-18)33-15-7-14-32-21/h9-12,16-17,20H,4-8,13-15H2,1-3H3. The second kappa shape index (κ2) is 10.2. The first-order chi connectivity index (χ1) is 16.4. The van der Waals surface area contributed by atoms with Crippen LogP contribution >= 0.6 is 0 Å². The Balaban J connectivity index is 1.65. The van der Waals surface area contributed by atoms with Crippen molar-refractivity contribution in [3.63, 3.8) is 0 Å². The fourth-order valence-electron chi connectivity index (χ4n) is 4.62. The smallest absolute Gasteiger partial charge is 0.254 e. The maximum absolute atomic E-state index is 13.6. The van der Waals surface area contributed by atoms with E-state index < -0.39 is 10.0 Å². The molecule has 0 spiro atoms. The number of carbonyl (C=O) groups excluding carboxylic acids is 1. The minimum absolute atomic E-state index is 0.0101. The fraction of sp³-hybridized carbons (Fsp3) is 0.480. The topological polar surface area (TPSA) is 85.4 Å². The number of methoxy groups -OCH3 is 1. The number of hydrogen-bond donors (Lipinski definition) is 0. The highest BCUT2D eigenvalue weighted by atomic mass is 32.2. The third-order valence-electron chi connectivity index (χ3n) is 6.40. The summed E-state index contributed by atoms with van der Waals surface area (Å²) in [5.74, 6) is 1.45. The quantitative estimate of drug-likeness (QED) is 0.588. The van der Waals surface area contributed by atoms with Gasteiger partial charge in [-0.05, 0) is 48.7 Å². The molecule has 1 saturated heterocycles. The Bertz CT molecular complexity index is 1150. The minimum Gasteiger partial charge on any atom is -0.495 e. The summed E-state index contributed by atoms with van der Waals surface area (Å²) in [6.07, 6.45) is 2.52. The predicted octanol–water partition coefficient (Wildman–Crippen LogP) is 3.86. The molecule has 1 unspecified atom stereocenters.